The summed E-state index contributed by atoms with van der Waals surface area (Å²) in [5.41, 5.74) is 10.4. The van der Waals surface area contributed by atoms with Gasteiger partial charge in [-0.15, -0.1) is 0 Å². The monoisotopic (exact) mass is 1380 g/mol. The van der Waals surface area contributed by atoms with Crippen molar-refractivity contribution in [3.8, 4) is 0 Å². The fraction of sp³-hybridized carbons (Fsp3) is 0.568. The van der Waals surface area contributed by atoms with E-state index in [0.717, 1.165) is 34.7 Å². The number of hydrogen-bond acceptors (Lipinski definition) is 13. The van der Waals surface area contributed by atoms with Crippen LogP contribution in [0.2, 0.25) is 36.3 Å². The van der Waals surface area contributed by atoms with Crippen LogP contribution in [-0.4, -0.2) is 92.3 Å². The van der Waals surface area contributed by atoms with Gasteiger partial charge in [0.1, 0.15) is 30.9 Å². The van der Waals surface area contributed by atoms with Crippen LogP contribution in [0, 0.1) is 59.2 Å². The molecule has 3 N–H and O–H groups in total. The summed E-state index contributed by atoms with van der Waals surface area (Å²) in [4.78, 5) is 35.5. The van der Waals surface area contributed by atoms with Gasteiger partial charge in [-0.05, 0) is 110 Å². The molecule has 2 aromatic heterocycles. The number of aliphatic hydroxyl groups excluding tert-OH is 1. The van der Waals surface area contributed by atoms with E-state index in [1.165, 1.54) is 23.3 Å². The molecule has 2 heterocycles. The number of methoxy groups -OCH3 is 2. The third-order valence-electron chi connectivity index (χ3n) is 19.8. The molecular formula is C81H125NO13Si2. The number of rotatable bonds is 37. The predicted octanol–water partition coefficient (Wildman–Crippen LogP) is 19.7. The van der Waals surface area contributed by atoms with Gasteiger partial charge in [0.25, 0.3) is 0 Å². The van der Waals surface area contributed by atoms with E-state index in [0.29, 0.717) is 11.2 Å². The minimum Gasteiger partial charge on any atom is -0.445 e. The van der Waals surface area contributed by atoms with Crippen molar-refractivity contribution in [3.63, 3.8) is 0 Å². The minimum absolute atomic E-state index is 0.00531. The van der Waals surface area contributed by atoms with Gasteiger partial charge in [-0.1, -0.05) is 232 Å². The number of primary amides is 1. The van der Waals surface area contributed by atoms with Crippen molar-refractivity contribution in [2.75, 3.05) is 27.8 Å². The molecule has 0 radical (unpaired) electrons. The van der Waals surface area contributed by atoms with Gasteiger partial charge >= 0.3 is 17.3 Å². The largest absolute Gasteiger partial charge is 0.445 e. The van der Waals surface area contributed by atoms with Gasteiger partial charge in [-0.2, -0.15) is 0 Å². The molecule has 0 spiro atoms. The van der Waals surface area contributed by atoms with E-state index in [4.69, 9.17) is 47.1 Å². The highest BCUT2D eigenvalue weighted by atomic mass is 28.4. The molecule has 0 aliphatic carbocycles. The van der Waals surface area contributed by atoms with Crippen LogP contribution in [-0.2, 0) is 32.5 Å². The highest BCUT2D eigenvalue weighted by Gasteiger charge is 2.45. The molecule has 4 aromatic rings. The van der Waals surface area contributed by atoms with Crippen molar-refractivity contribution in [3.05, 3.63) is 178 Å². The third-order valence-corrected chi connectivity index (χ3v) is 28.7. The second-order valence-electron chi connectivity index (χ2n) is 30.5. The number of ether oxygens (including phenoxy) is 5. The first-order valence-electron chi connectivity index (χ1n) is 34.8. The van der Waals surface area contributed by atoms with Crippen LogP contribution in [0.25, 0.3) is 34.1 Å². The Morgan fingerprint density at radius 2 is 0.897 bits per heavy atom. The predicted molar refractivity (Wildman–Crippen MR) is 408 cm³/mol. The van der Waals surface area contributed by atoms with Gasteiger partial charge in [0, 0.05) is 84.5 Å². The SMILES string of the molecule is C=C/C=C\C(C)[C@H](O)[C@@H](C)[C@H](O[Si](C)(C)C(C)(C)C)[C@@H](C)C/C(C)=C\[C@H](C)[C@@H](OCOC)C(C)/C=C\c1ccc2ccc(=O)oc2c1.C=C/C=C\C(C)[C@H](OC(N)=O)[C@@H](C)[C@H](O[Si](C)(C)C(C)(C)C)[C@@H](C)C/C(C)=C\[C@H](C)[C@@H](OCOC)C(C)/C=C\c1ccc2ccc(=O)oc2c1. The summed E-state index contributed by atoms with van der Waals surface area (Å²) in [7, 11) is -1.06. The van der Waals surface area contributed by atoms with Crippen LogP contribution in [0.4, 0.5) is 4.79 Å². The lowest BCUT2D eigenvalue weighted by atomic mass is 9.81. The van der Waals surface area contributed by atoms with E-state index in [1.54, 1.807) is 38.5 Å². The molecule has 0 aliphatic rings. The molecule has 540 valence electrons. The zero-order valence-electron chi connectivity index (χ0n) is 63.6. The molecule has 0 saturated carbocycles. The summed E-state index contributed by atoms with van der Waals surface area (Å²) in [5.74, 6) is 0.313. The third kappa shape index (κ3) is 27.3. The van der Waals surface area contributed by atoms with Gasteiger partial charge in [0.05, 0.1) is 30.5 Å². The normalized spacial score (nSPS) is 18.3. The fourth-order valence-electron chi connectivity index (χ4n) is 12.4. The first-order chi connectivity index (χ1) is 45.2. The fourth-order valence-corrected chi connectivity index (χ4v) is 15.3. The van der Waals surface area contributed by atoms with Crippen molar-refractivity contribution in [2.24, 2.45) is 64.9 Å². The van der Waals surface area contributed by atoms with Gasteiger partial charge in [-0.3, -0.25) is 0 Å². The quantitative estimate of drug-likeness (QED) is 0.0143. The average molecular weight is 1380 g/mol. The highest BCUT2D eigenvalue weighted by Crippen LogP contribution is 2.43. The second kappa shape index (κ2) is 39.9. The Balaban J connectivity index is 0.000000506. The number of carbonyl (C=O) groups excluding carboxylic acids is 1. The summed E-state index contributed by atoms with van der Waals surface area (Å²) >= 11 is 0. The van der Waals surface area contributed by atoms with Crippen molar-refractivity contribution in [1.82, 2.24) is 0 Å². The van der Waals surface area contributed by atoms with Crippen LogP contribution in [0.3, 0.4) is 0 Å². The number of fused-ring (bicyclic) bond motifs is 2. The molecular weight excluding hydrogens is 1250 g/mol. The van der Waals surface area contributed by atoms with Gasteiger partial charge in [0.15, 0.2) is 16.6 Å². The van der Waals surface area contributed by atoms with Gasteiger partial charge in [-0.25, -0.2) is 14.4 Å². The zero-order valence-corrected chi connectivity index (χ0v) is 65.6. The van der Waals surface area contributed by atoms with Crippen molar-refractivity contribution >= 4 is 56.8 Å². The Bertz CT molecular complexity index is 3390. The Kier molecular flexibility index (Phi) is 35.1. The van der Waals surface area contributed by atoms with Crippen molar-refractivity contribution < 1.29 is 51.3 Å². The molecule has 1 amide bonds. The lowest BCUT2D eigenvalue weighted by Gasteiger charge is -2.44. The lowest BCUT2D eigenvalue weighted by molar-refractivity contribution is -0.0948. The molecule has 4 unspecified atom stereocenters. The van der Waals surface area contributed by atoms with Crippen LogP contribution in [0.15, 0.2) is 164 Å². The van der Waals surface area contributed by atoms with Crippen LogP contribution >= 0.6 is 0 Å². The summed E-state index contributed by atoms with van der Waals surface area (Å²) < 4.78 is 53.8. The number of benzene rings is 2. The molecule has 0 aliphatic heterocycles. The standard InChI is InChI=1S/C41H63NO7Si.C40H62O6Si/c1-14-15-16-28(3)38(48-40(42)44)32(7)39(49-50(12,13)41(8,9)10)31(6)24-27(2)23-30(5)37(46-26-45-11)29(4)17-18-33-19-20-34-21-22-36(43)47-35(34)25-33;1-14-15-16-28(3)37(42)32(7)39(46-47(12,13)40(8,9)10)31(6)24-27(2)23-30(5)38(44-26-43-11)29(4)17-18-33-19-20-34-21-22-36(41)45-35(34)25-33/h14-23,25,28-32,37-39H,1,24,26H2,2-13H3,(H2,42,44);14-23,25,28-32,37-39,42H,1,24,26H2,2-13H3/b2*16-15-,18-17-,27-23-/t2*28?,29?,30-,31-,32+,37-,38-,39+/m00/s1. The van der Waals surface area contributed by atoms with E-state index in [2.05, 4.69) is 181 Å². The van der Waals surface area contributed by atoms with Crippen molar-refractivity contribution in [1.29, 1.82) is 0 Å². The zero-order chi connectivity index (χ0) is 73.3. The first kappa shape index (κ1) is 85.4. The molecule has 16 atom stereocenters. The number of hydrogen-bond donors (Lipinski definition) is 2. The number of nitrogens with two attached hydrogens (primary N) is 1. The molecule has 0 bridgehead atoms. The summed E-state index contributed by atoms with van der Waals surface area (Å²) in [6.45, 7) is 56.3. The van der Waals surface area contributed by atoms with Crippen LogP contribution in [0.5, 0.6) is 0 Å². The topological polar surface area (TPSA) is 188 Å². The highest BCUT2D eigenvalue weighted by molar-refractivity contribution is 6.74. The van der Waals surface area contributed by atoms with Crippen LogP contribution in [0.1, 0.15) is 149 Å². The average Bonchev–Trinajstić information content (AvgIpc) is 0.821. The Morgan fingerprint density at radius 3 is 1.26 bits per heavy atom. The molecule has 97 heavy (non-hydrogen) atoms. The van der Waals surface area contributed by atoms with E-state index in [-0.39, 0.29) is 119 Å². The van der Waals surface area contributed by atoms with E-state index in [9.17, 15) is 19.5 Å². The smallest absolute Gasteiger partial charge is 0.404 e. The molecule has 14 nitrogen and oxygen atoms in total. The maximum Gasteiger partial charge on any atom is 0.404 e. The molecule has 4 rings (SSSR count). The van der Waals surface area contributed by atoms with Gasteiger partial charge in [0.2, 0.25) is 0 Å². The second-order valence-corrected chi connectivity index (χ2v) is 40.0. The molecule has 2 aromatic carbocycles. The molecule has 16 heteroatoms. The van der Waals surface area contributed by atoms with E-state index < -0.39 is 34.9 Å². The Hall–Kier alpha value is -5.80. The summed E-state index contributed by atoms with van der Waals surface area (Å²) in [5, 5.41) is 13.2. The lowest BCUT2D eigenvalue weighted by Crippen LogP contribution is -2.50. The van der Waals surface area contributed by atoms with Gasteiger partial charge < -0.3 is 52.2 Å². The van der Waals surface area contributed by atoms with Crippen LogP contribution < -0.4 is 17.0 Å². The Labute approximate surface area is 585 Å². The summed E-state index contributed by atoms with van der Waals surface area (Å²) in [6.07, 6.45) is 23.5. The molecule has 0 saturated heterocycles. The number of carbonyl (C=O) groups is 1. The summed E-state index contributed by atoms with van der Waals surface area (Å²) in [6, 6.07) is 18.1. The number of allylic oxidation sites excluding steroid dienone is 6. The maximum absolute atomic E-state index is 12.1. The number of amides is 1. The first-order valence-corrected chi connectivity index (χ1v) is 40.6. The minimum atomic E-state index is -2.21. The Morgan fingerprint density at radius 1 is 0.536 bits per heavy atom. The van der Waals surface area contributed by atoms with E-state index in [1.807, 2.05) is 79.8 Å². The van der Waals surface area contributed by atoms with Crippen molar-refractivity contribution in [2.45, 2.75) is 210 Å². The van der Waals surface area contributed by atoms with E-state index >= 15 is 0 Å². The number of aliphatic hydroxyl groups is 1. The maximum atomic E-state index is 12.1. The molecule has 0 fully saturated rings.